The summed E-state index contributed by atoms with van der Waals surface area (Å²) >= 11 is 0. The van der Waals surface area contributed by atoms with E-state index in [1.165, 1.54) is 6.42 Å². The molecule has 0 amide bonds. The molecule has 0 fully saturated rings. The molecule has 3 aromatic heterocycles. The maximum absolute atomic E-state index is 13.2. The second-order valence-electron chi connectivity index (χ2n) is 8.33. The fourth-order valence-corrected chi connectivity index (χ4v) is 4.31. The van der Waals surface area contributed by atoms with Crippen LogP contribution in [-0.4, -0.2) is 34.7 Å². The number of nitrogens with zero attached hydrogens (tertiary/aromatic N) is 6. The van der Waals surface area contributed by atoms with Gasteiger partial charge in [-0.15, -0.1) is 10.2 Å². The standard InChI is InChI=1S/C25H31N7O/c1-4-6-7-12-23-18(3)31(15-5-2)25(33)32(23)17-20-14-13-19(16-26-20)21-10-8-9-11-22(21)24-27-29-30-28-24/h8-11,13-14,16H,4-7,12,15,17H2,1-3H3,(H,27,28,29,30). The van der Waals surface area contributed by atoms with E-state index >= 15 is 0 Å². The lowest BCUT2D eigenvalue weighted by Crippen LogP contribution is -2.26. The molecule has 4 aromatic rings. The number of nitrogens with one attached hydrogen (secondary N) is 1. The van der Waals surface area contributed by atoms with Crippen molar-refractivity contribution in [2.45, 2.75) is 66.0 Å². The first-order chi connectivity index (χ1) is 16.1. The Hall–Kier alpha value is -3.55. The maximum atomic E-state index is 13.2. The Labute approximate surface area is 193 Å². The highest BCUT2D eigenvalue weighted by Gasteiger charge is 2.17. The molecule has 8 nitrogen and oxygen atoms in total. The van der Waals surface area contributed by atoms with Gasteiger partial charge in [-0.1, -0.05) is 57.0 Å². The Morgan fingerprint density at radius 3 is 2.45 bits per heavy atom. The van der Waals surface area contributed by atoms with Crippen molar-refractivity contribution in [3.05, 3.63) is 70.2 Å². The number of imidazole rings is 1. The highest BCUT2D eigenvalue weighted by molar-refractivity contribution is 5.79. The monoisotopic (exact) mass is 445 g/mol. The minimum atomic E-state index is 0.0641. The van der Waals surface area contributed by atoms with E-state index in [-0.39, 0.29) is 5.69 Å². The van der Waals surface area contributed by atoms with Crippen molar-refractivity contribution in [2.24, 2.45) is 0 Å². The van der Waals surface area contributed by atoms with E-state index in [1.807, 2.05) is 51.7 Å². The lowest BCUT2D eigenvalue weighted by atomic mass is 10.0. The van der Waals surface area contributed by atoms with Gasteiger partial charge in [-0.2, -0.15) is 5.21 Å². The first-order valence-corrected chi connectivity index (χ1v) is 11.7. The molecule has 3 heterocycles. The number of benzene rings is 1. The molecule has 0 atom stereocenters. The molecule has 0 aliphatic heterocycles. The fraction of sp³-hybridized carbons (Fsp3) is 0.400. The average Bonchev–Trinajstić information content (AvgIpc) is 3.45. The quantitative estimate of drug-likeness (QED) is 0.365. The molecule has 0 aliphatic carbocycles. The summed E-state index contributed by atoms with van der Waals surface area (Å²) in [5.74, 6) is 0.547. The summed E-state index contributed by atoms with van der Waals surface area (Å²) in [5.41, 5.74) is 5.99. The maximum Gasteiger partial charge on any atom is 0.328 e. The molecular formula is C25H31N7O. The van der Waals surface area contributed by atoms with Crippen LogP contribution in [0, 0.1) is 6.92 Å². The van der Waals surface area contributed by atoms with E-state index in [1.54, 1.807) is 0 Å². The molecule has 172 valence electrons. The van der Waals surface area contributed by atoms with Gasteiger partial charge in [-0.25, -0.2) is 4.79 Å². The van der Waals surface area contributed by atoms with Crippen LogP contribution in [0.3, 0.4) is 0 Å². The smallest absolute Gasteiger partial charge is 0.296 e. The van der Waals surface area contributed by atoms with Gasteiger partial charge in [0.25, 0.3) is 0 Å². The second-order valence-corrected chi connectivity index (χ2v) is 8.33. The van der Waals surface area contributed by atoms with Gasteiger partial charge in [0.05, 0.1) is 12.2 Å². The van der Waals surface area contributed by atoms with Crippen LogP contribution in [0.4, 0.5) is 0 Å². The lowest BCUT2D eigenvalue weighted by Gasteiger charge is -2.10. The Morgan fingerprint density at radius 2 is 1.79 bits per heavy atom. The Kier molecular flexibility index (Phi) is 7.12. The first kappa shape index (κ1) is 22.6. The van der Waals surface area contributed by atoms with Crippen LogP contribution in [0.5, 0.6) is 0 Å². The van der Waals surface area contributed by atoms with Crippen molar-refractivity contribution < 1.29 is 0 Å². The molecule has 0 spiro atoms. The van der Waals surface area contributed by atoms with Crippen LogP contribution in [0.15, 0.2) is 47.4 Å². The van der Waals surface area contributed by atoms with E-state index in [2.05, 4.69) is 41.4 Å². The highest BCUT2D eigenvalue weighted by Crippen LogP contribution is 2.29. The third-order valence-electron chi connectivity index (χ3n) is 6.04. The van der Waals surface area contributed by atoms with Crippen molar-refractivity contribution in [1.29, 1.82) is 0 Å². The molecule has 1 aromatic carbocycles. The van der Waals surface area contributed by atoms with E-state index in [0.717, 1.165) is 66.0 Å². The van der Waals surface area contributed by atoms with Crippen molar-refractivity contribution in [1.82, 2.24) is 34.7 Å². The predicted octanol–water partition coefficient (Wildman–Crippen LogP) is 4.39. The first-order valence-electron chi connectivity index (χ1n) is 11.7. The normalized spacial score (nSPS) is 11.2. The summed E-state index contributed by atoms with van der Waals surface area (Å²) in [6.45, 7) is 7.60. The van der Waals surface area contributed by atoms with E-state index in [4.69, 9.17) is 4.98 Å². The van der Waals surface area contributed by atoms with Gasteiger partial charge < -0.3 is 0 Å². The third-order valence-corrected chi connectivity index (χ3v) is 6.04. The molecule has 33 heavy (non-hydrogen) atoms. The zero-order chi connectivity index (χ0) is 23.2. The molecular weight excluding hydrogens is 414 g/mol. The van der Waals surface area contributed by atoms with Crippen LogP contribution >= 0.6 is 0 Å². The van der Waals surface area contributed by atoms with E-state index < -0.39 is 0 Å². The van der Waals surface area contributed by atoms with Gasteiger partial charge in [0.15, 0.2) is 0 Å². The van der Waals surface area contributed by atoms with Gasteiger partial charge in [0, 0.05) is 35.3 Å². The van der Waals surface area contributed by atoms with Crippen LogP contribution in [0.25, 0.3) is 22.5 Å². The minimum Gasteiger partial charge on any atom is -0.296 e. The third kappa shape index (κ3) is 4.79. The van der Waals surface area contributed by atoms with E-state index in [0.29, 0.717) is 12.4 Å². The number of aromatic amines is 1. The van der Waals surface area contributed by atoms with Crippen molar-refractivity contribution in [3.63, 3.8) is 0 Å². The SMILES string of the molecule is CCCCCc1c(C)n(CCC)c(=O)n1Cc1ccc(-c2ccccc2-c2nn[nH]n2)cn1. The molecule has 0 bridgehead atoms. The zero-order valence-corrected chi connectivity index (χ0v) is 19.6. The van der Waals surface area contributed by atoms with Crippen molar-refractivity contribution in [3.8, 4) is 22.5 Å². The van der Waals surface area contributed by atoms with Crippen molar-refractivity contribution in [2.75, 3.05) is 0 Å². The summed E-state index contributed by atoms with van der Waals surface area (Å²) in [6.07, 6.45) is 7.12. The van der Waals surface area contributed by atoms with Crippen LogP contribution in [-0.2, 0) is 19.5 Å². The average molecular weight is 446 g/mol. The number of rotatable bonds is 10. The van der Waals surface area contributed by atoms with E-state index in [9.17, 15) is 4.79 Å². The zero-order valence-electron chi connectivity index (χ0n) is 19.6. The number of aromatic nitrogens is 7. The van der Waals surface area contributed by atoms with Crippen LogP contribution in [0.1, 0.15) is 56.6 Å². The summed E-state index contributed by atoms with van der Waals surface area (Å²) in [6, 6.07) is 12.0. The van der Waals surface area contributed by atoms with Gasteiger partial charge in [-0.05, 0) is 43.0 Å². The summed E-state index contributed by atoms with van der Waals surface area (Å²) in [7, 11) is 0. The summed E-state index contributed by atoms with van der Waals surface area (Å²) < 4.78 is 3.83. The second kappa shape index (κ2) is 10.4. The molecule has 0 aliphatic rings. The Morgan fingerprint density at radius 1 is 0.970 bits per heavy atom. The molecule has 0 unspecified atom stereocenters. The van der Waals surface area contributed by atoms with Gasteiger partial charge in [0.2, 0.25) is 5.82 Å². The topological polar surface area (TPSA) is 94.3 Å². The van der Waals surface area contributed by atoms with Gasteiger partial charge in [-0.3, -0.25) is 14.1 Å². The minimum absolute atomic E-state index is 0.0641. The molecule has 0 radical (unpaired) electrons. The molecule has 4 rings (SSSR count). The Bertz CT molecular complexity index is 1240. The number of hydrogen-bond acceptors (Lipinski definition) is 5. The molecule has 0 saturated carbocycles. The molecule has 0 saturated heterocycles. The fourth-order valence-electron chi connectivity index (χ4n) is 4.31. The largest absolute Gasteiger partial charge is 0.328 e. The predicted molar refractivity (Wildman–Crippen MR) is 129 cm³/mol. The van der Waals surface area contributed by atoms with Crippen LogP contribution in [0.2, 0.25) is 0 Å². The van der Waals surface area contributed by atoms with Gasteiger partial charge in [0.1, 0.15) is 0 Å². The summed E-state index contributed by atoms with van der Waals surface area (Å²) in [5, 5.41) is 14.4. The number of hydrogen-bond donors (Lipinski definition) is 1. The Balaban J connectivity index is 1.63. The lowest BCUT2D eigenvalue weighted by molar-refractivity contribution is 0.606. The van der Waals surface area contributed by atoms with Crippen LogP contribution < -0.4 is 5.69 Å². The van der Waals surface area contributed by atoms with Crippen molar-refractivity contribution >= 4 is 0 Å². The van der Waals surface area contributed by atoms with Gasteiger partial charge >= 0.3 is 5.69 Å². The highest BCUT2D eigenvalue weighted by atomic mass is 16.1. The summed E-state index contributed by atoms with van der Waals surface area (Å²) in [4.78, 5) is 17.9. The molecule has 1 N–H and O–H groups in total. The number of H-pyrrole nitrogens is 1. The number of tetrazole rings is 1. The molecule has 8 heteroatoms. The number of unbranched alkanes of at least 4 members (excludes halogenated alkanes) is 2. The number of pyridine rings is 1.